The number of ether oxygens (including phenoxy) is 2. The van der Waals surface area contributed by atoms with Crippen LogP contribution in [0.5, 0.6) is 0 Å². The molecule has 2 aromatic rings. The van der Waals surface area contributed by atoms with Gasteiger partial charge in [-0.1, -0.05) is 36.4 Å². The van der Waals surface area contributed by atoms with Gasteiger partial charge in [-0.2, -0.15) is 0 Å². The smallest absolute Gasteiger partial charge is 0.409 e. The number of benzene rings is 1. The summed E-state index contributed by atoms with van der Waals surface area (Å²) in [6, 6.07) is 16.5. The summed E-state index contributed by atoms with van der Waals surface area (Å²) in [6.45, 7) is 7.44. The Morgan fingerprint density at radius 3 is 2.52 bits per heavy atom. The first-order valence-electron chi connectivity index (χ1n) is 10.4. The van der Waals surface area contributed by atoms with Crippen molar-refractivity contribution in [2.75, 3.05) is 46.0 Å². The van der Waals surface area contributed by atoms with Gasteiger partial charge in [0.15, 0.2) is 0 Å². The molecule has 0 bridgehead atoms. The summed E-state index contributed by atoms with van der Waals surface area (Å²) in [4.78, 5) is 20.8. The van der Waals surface area contributed by atoms with Gasteiger partial charge in [0.1, 0.15) is 6.61 Å². The monoisotopic (exact) mass is 397 g/mol. The topological polar surface area (TPSA) is 54.9 Å². The largest absolute Gasteiger partial charge is 0.447 e. The third kappa shape index (κ3) is 7.48. The van der Waals surface area contributed by atoms with Crippen molar-refractivity contribution in [3.05, 3.63) is 65.5 Å². The average Bonchev–Trinajstić information content (AvgIpc) is 2.74. The summed E-state index contributed by atoms with van der Waals surface area (Å²) in [6.07, 6.45) is 1.57. The summed E-state index contributed by atoms with van der Waals surface area (Å²) in [7, 11) is 0. The highest BCUT2D eigenvalue weighted by atomic mass is 16.6. The number of hydrogen-bond donors (Lipinski definition) is 0. The van der Waals surface area contributed by atoms with E-state index in [1.165, 1.54) is 5.56 Å². The molecule has 2 heterocycles. The van der Waals surface area contributed by atoms with E-state index in [0.717, 1.165) is 43.9 Å². The maximum Gasteiger partial charge on any atom is 0.409 e. The Balaban J connectivity index is 1.22. The number of hydrogen-bond acceptors (Lipinski definition) is 5. The van der Waals surface area contributed by atoms with Crippen LogP contribution in [0.3, 0.4) is 0 Å². The number of pyridine rings is 1. The van der Waals surface area contributed by atoms with Crippen LogP contribution in [0.2, 0.25) is 0 Å². The van der Waals surface area contributed by atoms with Gasteiger partial charge in [0, 0.05) is 50.7 Å². The van der Waals surface area contributed by atoms with Crippen molar-refractivity contribution in [3.8, 4) is 0 Å². The molecule has 6 heteroatoms. The van der Waals surface area contributed by atoms with Gasteiger partial charge in [-0.3, -0.25) is 9.88 Å². The van der Waals surface area contributed by atoms with Crippen LogP contribution in [0.25, 0.3) is 0 Å². The lowest BCUT2D eigenvalue weighted by atomic mass is 10.2. The minimum absolute atomic E-state index is 0.239. The van der Waals surface area contributed by atoms with E-state index in [9.17, 15) is 4.79 Å². The molecule has 1 amide bonds. The zero-order chi connectivity index (χ0) is 20.3. The van der Waals surface area contributed by atoms with E-state index >= 15 is 0 Å². The van der Waals surface area contributed by atoms with Crippen LogP contribution in [-0.4, -0.2) is 66.9 Å². The van der Waals surface area contributed by atoms with Crippen molar-refractivity contribution in [3.63, 3.8) is 0 Å². The number of carbonyl (C=O) groups excluding carboxylic acids is 1. The highest BCUT2D eigenvalue weighted by Gasteiger charge is 2.21. The van der Waals surface area contributed by atoms with Gasteiger partial charge in [0.05, 0.1) is 6.61 Å². The zero-order valence-electron chi connectivity index (χ0n) is 17.3. The summed E-state index contributed by atoms with van der Waals surface area (Å²) in [5, 5.41) is 0. The molecule has 0 atom stereocenters. The lowest BCUT2D eigenvalue weighted by Gasteiger charge is -2.34. The molecule has 0 radical (unpaired) electrons. The maximum atomic E-state index is 12.2. The Bertz CT molecular complexity index is 746. The molecular formula is C23H31N3O3. The Hall–Kier alpha value is -2.44. The van der Waals surface area contributed by atoms with Crippen LogP contribution < -0.4 is 0 Å². The summed E-state index contributed by atoms with van der Waals surface area (Å²) in [5.41, 5.74) is 3.43. The van der Waals surface area contributed by atoms with E-state index in [2.05, 4.69) is 34.1 Å². The molecule has 0 spiro atoms. The van der Waals surface area contributed by atoms with Crippen molar-refractivity contribution in [1.82, 2.24) is 14.8 Å². The molecule has 0 unspecified atom stereocenters. The lowest BCUT2D eigenvalue weighted by molar-refractivity contribution is 0.0430. The van der Waals surface area contributed by atoms with Crippen molar-refractivity contribution >= 4 is 6.09 Å². The Kier molecular flexibility index (Phi) is 8.46. The van der Waals surface area contributed by atoms with Crippen LogP contribution in [0.4, 0.5) is 4.79 Å². The lowest BCUT2D eigenvalue weighted by Crippen LogP contribution is -2.48. The number of aryl methyl sites for hydroxylation is 2. The molecule has 1 aliphatic heterocycles. The van der Waals surface area contributed by atoms with Gasteiger partial charge in [-0.05, 0) is 37.5 Å². The van der Waals surface area contributed by atoms with Gasteiger partial charge in [0.2, 0.25) is 0 Å². The molecule has 1 aromatic heterocycles. The molecule has 0 aliphatic carbocycles. The normalized spacial score (nSPS) is 14.7. The Morgan fingerprint density at radius 1 is 0.966 bits per heavy atom. The quantitative estimate of drug-likeness (QED) is 0.608. The molecule has 1 saturated heterocycles. The van der Waals surface area contributed by atoms with Gasteiger partial charge >= 0.3 is 6.09 Å². The van der Waals surface area contributed by atoms with Crippen LogP contribution >= 0.6 is 0 Å². The average molecular weight is 398 g/mol. The molecule has 0 saturated carbocycles. The standard InChI is InChI=1S/C23H31N3O3/c1-20-7-5-10-22(24-20)11-6-16-28-17-18-29-23(27)26-14-12-25(13-15-26)19-21-8-3-2-4-9-21/h2-5,7-10H,6,11-19H2,1H3. The van der Waals surface area contributed by atoms with E-state index in [-0.39, 0.29) is 6.09 Å². The second kappa shape index (κ2) is 11.5. The van der Waals surface area contributed by atoms with E-state index in [4.69, 9.17) is 9.47 Å². The van der Waals surface area contributed by atoms with Gasteiger partial charge < -0.3 is 14.4 Å². The first-order valence-corrected chi connectivity index (χ1v) is 10.4. The van der Waals surface area contributed by atoms with E-state index in [1.54, 1.807) is 4.90 Å². The molecule has 3 rings (SSSR count). The SMILES string of the molecule is Cc1cccc(CCCOCCOC(=O)N2CCN(Cc3ccccc3)CC2)n1. The predicted molar refractivity (Wildman–Crippen MR) is 113 cm³/mol. The van der Waals surface area contributed by atoms with Crippen LogP contribution in [0.15, 0.2) is 48.5 Å². The number of amides is 1. The molecule has 29 heavy (non-hydrogen) atoms. The van der Waals surface area contributed by atoms with E-state index < -0.39 is 0 Å². The number of rotatable bonds is 9. The highest BCUT2D eigenvalue weighted by Crippen LogP contribution is 2.09. The van der Waals surface area contributed by atoms with Crippen molar-refractivity contribution in [2.24, 2.45) is 0 Å². The van der Waals surface area contributed by atoms with Crippen LogP contribution in [0.1, 0.15) is 23.4 Å². The fraction of sp³-hybridized carbons (Fsp3) is 0.478. The number of piperazine rings is 1. The zero-order valence-corrected chi connectivity index (χ0v) is 17.3. The fourth-order valence-electron chi connectivity index (χ4n) is 3.41. The molecule has 6 nitrogen and oxygen atoms in total. The minimum atomic E-state index is -0.239. The second-order valence-electron chi connectivity index (χ2n) is 7.35. The highest BCUT2D eigenvalue weighted by molar-refractivity contribution is 5.67. The predicted octanol–water partition coefficient (Wildman–Crippen LogP) is 3.29. The van der Waals surface area contributed by atoms with E-state index in [1.807, 2.05) is 31.2 Å². The number of carbonyl (C=O) groups is 1. The van der Waals surface area contributed by atoms with Crippen molar-refractivity contribution < 1.29 is 14.3 Å². The Labute approximate surface area is 173 Å². The molecule has 0 N–H and O–H groups in total. The molecule has 1 aromatic carbocycles. The van der Waals surface area contributed by atoms with Crippen molar-refractivity contribution in [1.29, 1.82) is 0 Å². The fourth-order valence-corrected chi connectivity index (χ4v) is 3.41. The number of nitrogens with zero attached hydrogens (tertiary/aromatic N) is 3. The first-order chi connectivity index (χ1) is 14.2. The van der Waals surface area contributed by atoms with E-state index in [0.29, 0.717) is 32.9 Å². The molecular weight excluding hydrogens is 366 g/mol. The third-order valence-corrected chi connectivity index (χ3v) is 5.00. The molecule has 156 valence electrons. The maximum absolute atomic E-state index is 12.2. The third-order valence-electron chi connectivity index (χ3n) is 5.00. The molecule has 1 aliphatic rings. The summed E-state index contributed by atoms with van der Waals surface area (Å²) in [5.74, 6) is 0. The van der Waals surface area contributed by atoms with Gasteiger partial charge in [0.25, 0.3) is 0 Å². The van der Waals surface area contributed by atoms with Crippen LogP contribution in [0, 0.1) is 6.92 Å². The van der Waals surface area contributed by atoms with Crippen molar-refractivity contribution in [2.45, 2.75) is 26.3 Å². The van der Waals surface area contributed by atoms with Crippen LogP contribution in [-0.2, 0) is 22.4 Å². The summed E-state index contributed by atoms with van der Waals surface area (Å²) >= 11 is 0. The van der Waals surface area contributed by atoms with Gasteiger partial charge in [-0.15, -0.1) is 0 Å². The Morgan fingerprint density at radius 2 is 1.76 bits per heavy atom. The second-order valence-corrected chi connectivity index (χ2v) is 7.35. The minimum Gasteiger partial charge on any atom is -0.447 e. The molecule has 1 fully saturated rings. The van der Waals surface area contributed by atoms with Gasteiger partial charge in [-0.25, -0.2) is 4.79 Å². The number of aromatic nitrogens is 1. The summed E-state index contributed by atoms with van der Waals surface area (Å²) < 4.78 is 10.9. The first kappa shape index (κ1) is 21.3.